The molecule has 1 aliphatic heterocycles. The number of hydrogen-bond donors (Lipinski definition) is 1. The number of carbonyl (C=O) groups is 2. The van der Waals surface area contributed by atoms with Gasteiger partial charge >= 0.3 is 6.03 Å². The van der Waals surface area contributed by atoms with Crippen LogP contribution in [0.5, 0.6) is 0 Å². The second-order valence-corrected chi connectivity index (χ2v) is 5.65. The number of imide groups is 1. The van der Waals surface area contributed by atoms with Gasteiger partial charge in [0, 0.05) is 6.20 Å². The Morgan fingerprint density at radius 1 is 1.14 bits per heavy atom. The zero-order chi connectivity index (χ0) is 15.7. The van der Waals surface area contributed by atoms with Crippen LogP contribution in [0.4, 0.5) is 4.79 Å². The third-order valence-corrected chi connectivity index (χ3v) is 3.91. The van der Waals surface area contributed by atoms with Gasteiger partial charge < -0.3 is 5.32 Å². The van der Waals surface area contributed by atoms with Gasteiger partial charge in [0.25, 0.3) is 5.91 Å². The number of nitrogens with zero attached hydrogens (tertiary/aromatic N) is 2. The van der Waals surface area contributed by atoms with Crippen molar-refractivity contribution in [2.75, 3.05) is 0 Å². The number of carbonyl (C=O) groups excluding carboxylic acids is 2. The molecule has 22 heavy (non-hydrogen) atoms. The van der Waals surface area contributed by atoms with Crippen LogP contribution in [0.25, 0.3) is 0 Å². The molecular formula is C17H17N3O2. The van der Waals surface area contributed by atoms with Crippen molar-refractivity contribution in [1.29, 1.82) is 0 Å². The Labute approximate surface area is 129 Å². The number of benzene rings is 1. The predicted molar refractivity (Wildman–Crippen MR) is 81.8 cm³/mol. The minimum absolute atomic E-state index is 0.257. The first kappa shape index (κ1) is 14.3. The summed E-state index contributed by atoms with van der Waals surface area (Å²) in [4.78, 5) is 30.4. The first-order valence-corrected chi connectivity index (χ1v) is 7.12. The Bertz CT molecular complexity index is 712. The van der Waals surface area contributed by atoms with E-state index in [0.717, 1.165) is 11.1 Å². The molecule has 3 amide bonds. The van der Waals surface area contributed by atoms with E-state index in [4.69, 9.17) is 0 Å². The van der Waals surface area contributed by atoms with E-state index in [-0.39, 0.29) is 12.5 Å². The van der Waals surface area contributed by atoms with Gasteiger partial charge in [-0.1, -0.05) is 35.9 Å². The number of nitrogens with one attached hydrogen (secondary N) is 1. The maximum Gasteiger partial charge on any atom is 0.325 e. The summed E-state index contributed by atoms with van der Waals surface area (Å²) >= 11 is 0. The lowest BCUT2D eigenvalue weighted by molar-refractivity contribution is -0.131. The van der Waals surface area contributed by atoms with E-state index in [1.54, 1.807) is 31.3 Å². The van der Waals surface area contributed by atoms with Crippen LogP contribution in [0, 0.1) is 6.92 Å². The lowest BCUT2D eigenvalue weighted by Gasteiger charge is -2.20. The molecule has 5 nitrogen and oxygen atoms in total. The van der Waals surface area contributed by atoms with Crippen molar-refractivity contribution >= 4 is 11.9 Å². The van der Waals surface area contributed by atoms with E-state index in [9.17, 15) is 9.59 Å². The third kappa shape index (κ3) is 2.35. The van der Waals surface area contributed by atoms with Crippen LogP contribution >= 0.6 is 0 Å². The van der Waals surface area contributed by atoms with Crippen LogP contribution in [0.3, 0.4) is 0 Å². The highest BCUT2D eigenvalue weighted by Gasteiger charge is 2.49. The zero-order valence-electron chi connectivity index (χ0n) is 12.5. The molecule has 0 spiro atoms. The Morgan fingerprint density at radius 3 is 2.50 bits per heavy atom. The SMILES string of the molecule is Cc1ccc(CN2C(=O)NC(C)(c3ccccn3)C2=O)cc1. The van der Waals surface area contributed by atoms with Crippen molar-refractivity contribution in [3.05, 3.63) is 65.5 Å². The smallest absolute Gasteiger partial charge is 0.318 e. The number of amides is 3. The predicted octanol–water partition coefficient (Wildman–Crippen LogP) is 2.36. The molecule has 1 aliphatic rings. The minimum atomic E-state index is -1.11. The van der Waals surface area contributed by atoms with Crippen molar-refractivity contribution in [2.24, 2.45) is 0 Å². The Balaban J connectivity index is 1.87. The van der Waals surface area contributed by atoms with E-state index in [1.165, 1.54) is 4.90 Å². The summed E-state index contributed by atoms with van der Waals surface area (Å²) in [6.07, 6.45) is 1.61. The molecule has 0 saturated carbocycles. The second kappa shape index (κ2) is 5.26. The summed E-state index contributed by atoms with van der Waals surface area (Å²) in [5, 5.41) is 2.75. The molecule has 1 aromatic heterocycles. The largest absolute Gasteiger partial charge is 0.325 e. The normalized spacial score (nSPS) is 21.1. The van der Waals surface area contributed by atoms with Crippen LogP contribution in [-0.4, -0.2) is 21.8 Å². The van der Waals surface area contributed by atoms with Crippen molar-refractivity contribution in [3.63, 3.8) is 0 Å². The van der Waals surface area contributed by atoms with Gasteiger partial charge in [-0.2, -0.15) is 0 Å². The number of hydrogen-bond acceptors (Lipinski definition) is 3. The first-order valence-electron chi connectivity index (χ1n) is 7.12. The van der Waals surface area contributed by atoms with Crippen molar-refractivity contribution in [2.45, 2.75) is 25.9 Å². The Hall–Kier alpha value is -2.69. The first-order chi connectivity index (χ1) is 10.5. The lowest BCUT2D eigenvalue weighted by Crippen LogP contribution is -2.41. The van der Waals surface area contributed by atoms with Gasteiger partial charge in [-0.25, -0.2) is 4.79 Å². The molecule has 1 N–H and O–H groups in total. The number of urea groups is 1. The standard InChI is InChI=1S/C17H17N3O2/c1-12-6-8-13(9-7-12)11-20-15(21)17(2,19-16(20)22)14-5-3-4-10-18-14/h3-10H,11H2,1-2H3,(H,19,22). The fourth-order valence-electron chi connectivity index (χ4n) is 2.55. The minimum Gasteiger partial charge on any atom is -0.318 e. The summed E-state index contributed by atoms with van der Waals surface area (Å²) < 4.78 is 0. The average Bonchev–Trinajstić information content (AvgIpc) is 2.75. The zero-order valence-corrected chi connectivity index (χ0v) is 12.5. The highest BCUT2D eigenvalue weighted by atomic mass is 16.2. The summed E-state index contributed by atoms with van der Waals surface area (Å²) in [6, 6.07) is 12.7. The molecule has 5 heteroatoms. The third-order valence-electron chi connectivity index (χ3n) is 3.91. The number of rotatable bonds is 3. The molecule has 1 fully saturated rings. The van der Waals surface area contributed by atoms with Crippen LogP contribution < -0.4 is 5.32 Å². The molecule has 112 valence electrons. The van der Waals surface area contributed by atoms with E-state index in [2.05, 4.69) is 10.3 Å². The van der Waals surface area contributed by atoms with Gasteiger partial charge in [0.1, 0.15) is 0 Å². The number of aryl methyl sites for hydroxylation is 1. The Morgan fingerprint density at radius 2 is 1.86 bits per heavy atom. The van der Waals surface area contributed by atoms with E-state index < -0.39 is 11.6 Å². The fraction of sp³-hybridized carbons (Fsp3) is 0.235. The van der Waals surface area contributed by atoms with Crippen molar-refractivity contribution in [1.82, 2.24) is 15.2 Å². The summed E-state index contributed by atoms with van der Waals surface area (Å²) in [7, 11) is 0. The van der Waals surface area contributed by atoms with Gasteiger partial charge in [0.15, 0.2) is 5.54 Å². The van der Waals surface area contributed by atoms with Gasteiger partial charge in [0.2, 0.25) is 0 Å². The van der Waals surface area contributed by atoms with Crippen LogP contribution in [0.15, 0.2) is 48.7 Å². The number of pyridine rings is 1. The molecule has 0 radical (unpaired) electrons. The summed E-state index contributed by atoms with van der Waals surface area (Å²) in [5.41, 5.74) is 1.49. The highest BCUT2D eigenvalue weighted by molar-refractivity contribution is 6.06. The summed E-state index contributed by atoms with van der Waals surface area (Å²) in [5.74, 6) is -0.281. The Kier molecular flexibility index (Phi) is 3.41. The molecule has 0 bridgehead atoms. The monoisotopic (exact) mass is 295 g/mol. The summed E-state index contributed by atoms with van der Waals surface area (Å²) in [6.45, 7) is 3.94. The van der Waals surface area contributed by atoms with Crippen molar-refractivity contribution in [3.8, 4) is 0 Å². The lowest BCUT2D eigenvalue weighted by atomic mass is 9.97. The van der Waals surface area contributed by atoms with Gasteiger partial charge in [-0.05, 0) is 31.5 Å². The van der Waals surface area contributed by atoms with E-state index in [0.29, 0.717) is 5.69 Å². The molecule has 3 rings (SSSR count). The molecule has 2 heterocycles. The molecule has 1 saturated heterocycles. The topological polar surface area (TPSA) is 62.3 Å². The molecule has 1 atom stereocenters. The quantitative estimate of drug-likeness (QED) is 0.884. The molecule has 0 aliphatic carbocycles. The second-order valence-electron chi connectivity index (χ2n) is 5.65. The molecular weight excluding hydrogens is 278 g/mol. The molecule has 1 unspecified atom stereocenters. The van der Waals surface area contributed by atoms with Gasteiger partial charge in [-0.15, -0.1) is 0 Å². The number of aromatic nitrogens is 1. The van der Waals surface area contributed by atoms with Crippen LogP contribution in [0.2, 0.25) is 0 Å². The van der Waals surface area contributed by atoms with Crippen LogP contribution in [-0.2, 0) is 16.9 Å². The van der Waals surface area contributed by atoms with Gasteiger partial charge in [-0.3, -0.25) is 14.7 Å². The van der Waals surface area contributed by atoms with E-state index >= 15 is 0 Å². The fourth-order valence-corrected chi connectivity index (χ4v) is 2.55. The van der Waals surface area contributed by atoms with Crippen LogP contribution in [0.1, 0.15) is 23.7 Å². The van der Waals surface area contributed by atoms with Crippen molar-refractivity contribution < 1.29 is 9.59 Å². The maximum absolute atomic E-state index is 12.7. The highest BCUT2D eigenvalue weighted by Crippen LogP contribution is 2.28. The van der Waals surface area contributed by atoms with Gasteiger partial charge in [0.05, 0.1) is 12.2 Å². The molecule has 1 aromatic carbocycles. The average molecular weight is 295 g/mol. The van der Waals surface area contributed by atoms with E-state index in [1.807, 2.05) is 31.2 Å². The molecule has 2 aromatic rings. The maximum atomic E-state index is 12.7.